The average Bonchev–Trinajstić information content (AvgIpc) is 4.45. The van der Waals surface area contributed by atoms with E-state index in [2.05, 4.69) is 31.2 Å². The van der Waals surface area contributed by atoms with E-state index in [9.17, 15) is 19.2 Å². The molecular formula is C60H66Cl2FeN12O8+5. The van der Waals surface area contributed by atoms with Crippen LogP contribution in [0, 0.1) is 0 Å². The van der Waals surface area contributed by atoms with Gasteiger partial charge in [-0.15, -0.1) is 0 Å². The van der Waals surface area contributed by atoms with Crippen LogP contribution in [-0.2, 0) is 81.4 Å². The van der Waals surface area contributed by atoms with Gasteiger partial charge >= 0.3 is 17.1 Å². The molecule has 0 aliphatic carbocycles. The summed E-state index contributed by atoms with van der Waals surface area (Å²) in [5.74, 6) is -0.772. The van der Waals surface area contributed by atoms with Gasteiger partial charge in [-0.05, 0) is 72.8 Å². The number of carbonyl (C=O) groups is 4. The quantitative estimate of drug-likeness (QED) is 0.0213. The van der Waals surface area contributed by atoms with E-state index in [0.29, 0.717) is 131 Å². The number of amides is 4. The molecule has 7 aromatic rings. The Hall–Kier alpha value is -7.98. The largest absolute Gasteiger partial charge is 3.00 e. The van der Waals surface area contributed by atoms with Crippen LogP contribution in [0.15, 0.2) is 122 Å². The number of fused-ring (bicyclic) bond motifs is 8. The normalized spacial score (nSPS) is 11.2. The molecule has 6 N–H and O–H groups in total. The second-order valence-electron chi connectivity index (χ2n) is 18.8. The number of aromatic amines is 2. The summed E-state index contributed by atoms with van der Waals surface area (Å²) in [6.45, 7) is 2.95. The first kappa shape index (κ1) is 64.2. The SMILES string of the molecule is COCCNC(=O)C[n+]1cccc(-c2c3nc(c(-c4cccc[n+]4CC(=O)NCCOC)c4ccc([nH]4)c(-c4cccc[n+]4CC(=O)NCCOC)c4nc(c(-c5cccc[n+]5CC(=O)NCCOC)c5ccc2[nH]5)C=C4)C=C3)c1.[Cl-].[Cl-].[Fe+3]. The van der Waals surface area contributed by atoms with Gasteiger partial charge in [-0.25, -0.2) is 9.97 Å². The predicted molar refractivity (Wildman–Crippen MR) is 301 cm³/mol. The van der Waals surface area contributed by atoms with Crippen molar-refractivity contribution in [2.24, 2.45) is 0 Å². The number of rotatable bonds is 24. The smallest absolute Gasteiger partial charge is 1.00 e. The maximum atomic E-state index is 13.6. The molecule has 2 aliphatic rings. The molecule has 9 heterocycles. The van der Waals surface area contributed by atoms with Crippen molar-refractivity contribution in [2.75, 3.05) is 81.0 Å². The number of aromatic nitrogens is 8. The molecule has 0 spiro atoms. The number of methoxy groups -OCH3 is 4. The fraction of sp³-hybridized carbons (Fsp3) is 0.267. The number of ether oxygens (including phenoxy) is 4. The number of H-pyrrole nitrogens is 2. The average molecular weight is 1210 g/mol. The fourth-order valence-corrected chi connectivity index (χ4v) is 9.63. The molecule has 0 unspecified atom stereocenters. The van der Waals surface area contributed by atoms with Crippen LogP contribution in [0.5, 0.6) is 0 Å². The molecule has 2 aliphatic heterocycles. The Morgan fingerprint density at radius 2 is 0.747 bits per heavy atom. The molecular weight excluding hydrogens is 1140 g/mol. The van der Waals surface area contributed by atoms with Crippen molar-refractivity contribution in [3.05, 3.63) is 145 Å². The van der Waals surface area contributed by atoms with Gasteiger partial charge in [0.1, 0.15) is 0 Å². The monoisotopic (exact) mass is 1210 g/mol. The van der Waals surface area contributed by atoms with Gasteiger partial charge in [0.25, 0.3) is 23.6 Å². The van der Waals surface area contributed by atoms with E-state index in [1.54, 1.807) is 28.4 Å². The molecule has 0 aromatic carbocycles. The van der Waals surface area contributed by atoms with Crippen molar-refractivity contribution in [1.29, 1.82) is 0 Å². The maximum Gasteiger partial charge on any atom is 3.00 e. The number of hydrogen-bond acceptors (Lipinski definition) is 10. The summed E-state index contributed by atoms with van der Waals surface area (Å²) in [4.78, 5) is 72.4. The second kappa shape index (κ2) is 31.5. The molecule has 20 nitrogen and oxygen atoms in total. The van der Waals surface area contributed by atoms with Crippen molar-refractivity contribution in [3.63, 3.8) is 0 Å². The minimum atomic E-state index is -0.201. The number of nitrogens with zero attached hydrogens (tertiary/aromatic N) is 6. The molecule has 0 saturated carbocycles. The van der Waals surface area contributed by atoms with Crippen LogP contribution in [-0.4, -0.2) is 125 Å². The van der Waals surface area contributed by atoms with Crippen molar-refractivity contribution >= 4 is 70.0 Å². The third-order valence-corrected chi connectivity index (χ3v) is 13.3. The number of halogens is 2. The zero-order chi connectivity index (χ0) is 55.8. The minimum Gasteiger partial charge on any atom is -1.00 e. The standard InChI is InChI=1S/C60H62N12O8.2ClH.Fe/c1-77-32-24-61-53(73)37-69-28-11-12-41(36-69)57-42-16-18-44(65-42)58(50-13-5-8-29-70(50)38-54(74)62-25-33-78-2)46-20-22-48(67-46)60(52-15-7-10-31-72(52)40-56(76)64-27-35-80-4)49-23-21-47(68-49)59(45-19-17-43(57)66-45)51-14-6-9-30-71(51)39-55(75)63-26-34-79-3;;;/h5-23,28-31,36H,24-27,32-35,37-40H2,1-4H3,(H2-3,61,62,63,64,65,66,67,68,73,74,75,76);2*1H;/q;;;+3/p+2. The summed E-state index contributed by atoms with van der Waals surface area (Å²) in [6.07, 6.45) is 17.2. The van der Waals surface area contributed by atoms with Crippen molar-refractivity contribution in [2.45, 2.75) is 26.2 Å². The van der Waals surface area contributed by atoms with Crippen molar-refractivity contribution in [3.8, 4) is 44.9 Å². The Morgan fingerprint density at radius 3 is 1.10 bits per heavy atom. The fourth-order valence-electron chi connectivity index (χ4n) is 9.63. The molecule has 7 aromatic heterocycles. The van der Waals surface area contributed by atoms with Gasteiger partial charge in [0.15, 0.2) is 31.0 Å². The Kier molecular flexibility index (Phi) is 24.3. The molecule has 83 heavy (non-hydrogen) atoms. The molecule has 8 bridgehead atoms. The molecule has 23 heteroatoms. The molecule has 0 atom stereocenters. The number of nitrogens with one attached hydrogen (secondary N) is 6. The third-order valence-electron chi connectivity index (χ3n) is 13.3. The molecule has 1 radical (unpaired) electrons. The van der Waals surface area contributed by atoms with E-state index >= 15 is 0 Å². The molecule has 0 saturated heterocycles. The predicted octanol–water partition coefficient (Wildman–Crippen LogP) is -2.47. The van der Waals surface area contributed by atoms with Gasteiger partial charge in [0.05, 0.1) is 82.4 Å². The summed E-state index contributed by atoms with van der Waals surface area (Å²) < 4.78 is 28.3. The number of carbonyl (C=O) groups excluding carboxylic acids is 4. The summed E-state index contributed by atoms with van der Waals surface area (Å²) in [6, 6.07) is 29.2. The Balaban J connectivity index is 0.00000369. The summed E-state index contributed by atoms with van der Waals surface area (Å²) in [7, 11) is 6.36. The van der Waals surface area contributed by atoms with Gasteiger partial charge in [-0.3, -0.25) is 19.2 Å². The van der Waals surface area contributed by atoms with Gasteiger partial charge in [0, 0.05) is 114 Å². The van der Waals surface area contributed by atoms with Gasteiger partial charge < -0.3 is 75.0 Å². The van der Waals surface area contributed by atoms with Gasteiger partial charge in [0.2, 0.25) is 43.3 Å². The van der Waals surface area contributed by atoms with E-state index in [1.807, 2.05) is 165 Å². The minimum absolute atomic E-state index is 0. The van der Waals surface area contributed by atoms with Gasteiger partial charge in [-0.1, -0.05) is 0 Å². The first-order valence-electron chi connectivity index (χ1n) is 26.3. The zero-order valence-electron chi connectivity index (χ0n) is 46.4. The van der Waals surface area contributed by atoms with E-state index in [0.717, 1.165) is 11.1 Å². The van der Waals surface area contributed by atoms with Crippen molar-refractivity contribution < 1.29 is 98.3 Å². The Morgan fingerprint density at radius 1 is 0.422 bits per heavy atom. The molecule has 4 amide bonds. The van der Waals surface area contributed by atoms with E-state index in [-0.39, 0.29) is 91.7 Å². The van der Waals surface area contributed by atoms with Crippen LogP contribution >= 0.6 is 0 Å². The Bertz CT molecular complexity index is 3600. The van der Waals surface area contributed by atoms with Gasteiger partial charge in [-0.2, -0.15) is 18.3 Å². The Labute approximate surface area is 503 Å². The van der Waals surface area contributed by atoms with Crippen LogP contribution < -0.4 is 64.3 Å². The van der Waals surface area contributed by atoms with Crippen molar-refractivity contribution in [1.82, 2.24) is 41.2 Å². The molecule has 9 rings (SSSR count). The number of hydrogen-bond donors (Lipinski definition) is 6. The van der Waals surface area contributed by atoms with Crippen LogP contribution in [0.2, 0.25) is 0 Å². The van der Waals surface area contributed by atoms with Crippen LogP contribution in [0.25, 0.3) is 91.3 Å². The van der Waals surface area contributed by atoms with E-state index in [4.69, 9.17) is 28.9 Å². The third kappa shape index (κ3) is 16.0. The molecule has 0 fully saturated rings. The first-order valence-corrected chi connectivity index (χ1v) is 26.3. The molecule has 431 valence electrons. The summed E-state index contributed by atoms with van der Waals surface area (Å²) in [5.41, 5.74) is 10.9. The first-order chi connectivity index (χ1) is 39.2. The topological polar surface area (TPSA) is 226 Å². The van der Waals surface area contributed by atoms with E-state index < -0.39 is 0 Å². The van der Waals surface area contributed by atoms with Crippen LogP contribution in [0.3, 0.4) is 0 Å². The van der Waals surface area contributed by atoms with Crippen LogP contribution in [0.4, 0.5) is 0 Å². The van der Waals surface area contributed by atoms with E-state index in [1.165, 1.54) is 0 Å². The summed E-state index contributed by atoms with van der Waals surface area (Å²) >= 11 is 0. The van der Waals surface area contributed by atoms with Crippen LogP contribution in [0.1, 0.15) is 22.8 Å². The zero-order valence-corrected chi connectivity index (χ0v) is 49.0. The second-order valence-corrected chi connectivity index (χ2v) is 18.8. The summed E-state index contributed by atoms with van der Waals surface area (Å²) in [5, 5.41) is 11.8. The maximum absolute atomic E-state index is 13.6. The number of pyridine rings is 4.